The molecule has 0 atom stereocenters. The number of halogens is 1. The highest BCUT2D eigenvalue weighted by molar-refractivity contribution is 6.31. The molecule has 0 aromatic heterocycles. The molecule has 116 valence electrons. The van der Waals surface area contributed by atoms with Crippen molar-refractivity contribution in [2.24, 2.45) is 0 Å². The maximum Gasteiger partial charge on any atom is 0.323 e. The van der Waals surface area contributed by atoms with Gasteiger partial charge in [0.2, 0.25) is 0 Å². The van der Waals surface area contributed by atoms with Crippen molar-refractivity contribution in [1.29, 1.82) is 0 Å². The topological polar surface area (TPSA) is 70.6 Å². The van der Waals surface area contributed by atoms with Crippen LogP contribution >= 0.6 is 11.6 Å². The fourth-order valence-electron chi connectivity index (χ4n) is 1.99. The standard InChI is InChI=1S/C16H17ClN2O3/c1-22-14-4-2-3-13(10-14)18-16(21)19-15-9-12(17)6-5-11(15)7-8-20/h2-6,9-10,20H,7-8H2,1H3,(H2,18,19,21). The van der Waals surface area contributed by atoms with Gasteiger partial charge >= 0.3 is 6.03 Å². The molecule has 0 bridgehead atoms. The Balaban J connectivity index is 2.09. The summed E-state index contributed by atoms with van der Waals surface area (Å²) in [5.74, 6) is 0.654. The third-order valence-corrected chi connectivity index (χ3v) is 3.26. The minimum Gasteiger partial charge on any atom is -0.497 e. The van der Waals surface area contributed by atoms with Crippen LogP contribution < -0.4 is 15.4 Å². The number of anilines is 2. The average Bonchev–Trinajstić information content (AvgIpc) is 2.50. The van der Waals surface area contributed by atoms with E-state index in [9.17, 15) is 4.79 Å². The van der Waals surface area contributed by atoms with E-state index >= 15 is 0 Å². The lowest BCUT2D eigenvalue weighted by molar-refractivity contribution is 0.262. The summed E-state index contributed by atoms with van der Waals surface area (Å²) in [5.41, 5.74) is 2.00. The molecule has 0 spiro atoms. The van der Waals surface area contributed by atoms with Crippen LogP contribution in [0, 0.1) is 0 Å². The molecule has 22 heavy (non-hydrogen) atoms. The molecule has 0 unspecified atom stereocenters. The second kappa shape index (κ2) is 7.68. The zero-order chi connectivity index (χ0) is 15.9. The van der Waals surface area contributed by atoms with Crippen molar-refractivity contribution >= 4 is 29.0 Å². The Labute approximate surface area is 133 Å². The number of hydrogen-bond donors (Lipinski definition) is 3. The predicted octanol–water partition coefficient (Wildman–Crippen LogP) is 3.53. The second-order valence-electron chi connectivity index (χ2n) is 4.59. The normalized spacial score (nSPS) is 10.1. The van der Waals surface area contributed by atoms with Crippen LogP contribution in [0.2, 0.25) is 5.02 Å². The molecule has 0 heterocycles. The number of benzene rings is 2. The molecular weight excluding hydrogens is 304 g/mol. The number of amides is 2. The van der Waals surface area contributed by atoms with E-state index in [-0.39, 0.29) is 6.61 Å². The minimum absolute atomic E-state index is 0.00614. The summed E-state index contributed by atoms with van der Waals surface area (Å²) in [6.45, 7) is -0.00614. The van der Waals surface area contributed by atoms with Crippen LogP contribution in [0.1, 0.15) is 5.56 Å². The fraction of sp³-hybridized carbons (Fsp3) is 0.188. The number of urea groups is 1. The maximum absolute atomic E-state index is 12.1. The van der Waals surface area contributed by atoms with Gasteiger partial charge < -0.3 is 20.5 Å². The van der Waals surface area contributed by atoms with E-state index in [1.807, 2.05) is 0 Å². The van der Waals surface area contributed by atoms with Crippen molar-refractivity contribution < 1.29 is 14.6 Å². The van der Waals surface area contributed by atoms with Crippen LogP contribution in [0.5, 0.6) is 5.75 Å². The molecule has 2 aromatic carbocycles. The van der Waals surface area contributed by atoms with Crippen molar-refractivity contribution in [3.05, 3.63) is 53.1 Å². The first-order chi connectivity index (χ1) is 10.6. The van der Waals surface area contributed by atoms with Gasteiger partial charge in [0, 0.05) is 29.1 Å². The van der Waals surface area contributed by atoms with E-state index in [1.165, 1.54) is 0 Å². The number of hydrogen-bond acceptors (Lipinski definition) is 3. The molecule has 3 N–H and O–H groups in total. The van der Waals surface area contributed by atoms with Gasteiger partial charge in [-0.15, -0.1) is 0 Å². The van der Waals surface area contributed by atoms with Crippen LogP contribution in [0.25, 0.3) is 0 Å². The summed E-state index contributed by atoms with van der Waals surface area (Å²) >= 11 is 5.95. The first kappa shape index (κ1) is 16.1. The molecule has 2 rings (SSSR count). The lowest BCUT2D eigenvalue weighted by Crippen LogP contribution is -2.20. The number of carbonyl (C=O) groups excluding carboxylic acids is 1. The summed E-state index contributed by atoms with van der Waals surface area (Å²) in [4.78, 5) is 12.1. The minimum atomic E-state index is -0.394. The van der Waals surface area contributed by atoms with Crippen molar-refractivity contribution in [1.82, 2.24) is 0 Å². The van der Waals surface area contributed by atoms with Gasteiger partial charge in [0.1, 0.15) is 5.75 Å². The number of aliphatic hydroxyl groups is 1. The van der Waals surface area contributed by atoms with Gasteiger partial charge in [0.25, 0.3) is 0 Å². The van der Waals surface area contributed by atoms with Gasteiger partial charge in [0.05, 0.1) is 7.11 Å². The summed E-state index contributed by atoms with van der Waals surface area (Å²) in [6.07, 6.45) is 0.436. The third kappa shape index (κ3) is 4.38. The molecule has 0 saturated carbocycles. The van der Waals surface area contributed by atoms with E-state index in [2.05, 4.69) is 10.6 Å². The number of rotatable bonds is 5. The molecule has 0 aliphatic heterocycles. The number of nitrogens with one attached hydrogen (secondary N) is 2. The highest BCUT2D eigenvalue weighted by Gasteiger charge is 2.08. The smallest absolute Gasteiger partial charge is 0.323 e. The Morgan fingerprint density at radius 1 is 1.23 bits per heavy atom. The molecule has 5 nitrogen and oxygen atoms in total. The van der Waals surface area contributed by atoms with Crippen LogP contribution in [0.15, 0.2) is 42.5 Å². The van der Waals surface area contributed by atoms with E-state index in [0.29, 0.717) is 28.6 Å². The quantitative estimate of drug-likeness (QED) is 0.789. The number of carbonyl (C=O) groups is 1. The van der Waals surface area contributed by atoms with Gasteiger partial charge in [-0.05, 0) is 36.2 Å². The summed E-state index contributed by atoms with van der Waals surface area (Å²) in [6, 6.07) is 11.8. The molecule has 0 saturated heterocycles. The Bertz CT molecular complexity index is 662. The summed E-state index contributed by atoms with van der Waals surface area (Å²) < 4.78 is 5.10. The first-order valence-corrected chi connectivity index (χ1v) is 7.11. The summed E-state index contributed by atoms with van der Waals surface area (Å²) in [5, 5.41) is 15.0. The van der Waals surface area contributed by atoms with Gasteiger partial charge in [-0.1, -0.05) is 23.7 Å². The molecule has 2 amide bonds. The van der Waals surface area contributed by atoms with Crippen molar-refractivity contribution in [2.45, 2.75) is 6.42 Å². The molecule has 2 aromatic rings. The molecule has 6 heteroatoms. The molecular formula is C16H17ClN2O3. The maximum atomic E-state index is 12.1. The van der Waals surface area contributed by atoms with Crippen molar-refractivity contribution in [3.8, 4) is 5.75 Å². The molecule has 0 fully saturated rings. The van der Waals surface area contributed by atoms with Crippen molar-refractivity contribution in [2.75, 3.05) is 24.4 Å². The lowest BCUT2D eigenvalue weighted by atomic mass is 10.1. The Hall–Kier alpha value is -2.24. The first-order valence-electron chi connectivity index (χ1n) is 6.73. The highest BCUT2D eigenvalue weighted by atomic mass is 35.5. The van der Waals surface area contributed by atoms with Crippen molar-refractivity contribution in [3.63, 3.8) is 0 Å². The Morgan fingerprint density at radius 2 is 2.05 bits per heavy atom. The van der Waals surface area contributed by atoms with Gasteiger partial charge in [0.15, 0.2) is 0 Å². The van der Waals surface area contributed by atoms with E-state index in [1.54, 1.807) is 49.6 Å². The van der Waals surface area contributed by atoms with Crippen LogP contribution in [0.4, 0.5) is 16.2 Å². The predicted molar refractivity (Wildman–Crippen MR) is 87.9 cm³/mol. The molecule has 0 radical (unpaired) electrons. The number of aliphatic hydroxyl groups excluding tert-OH is 1. The lowest BCUT2D eigenvalue weighted by Gasteiger charge is -2.12. The zero-order valence-electron chi connectivity index (χ0n) is 12.1. The third-order valence-electron chi connectivity index (χ3n) is 3.03. The van der Waals surface area contributed by atoms with E-state index in [0.717, 1.165) is 5.56 Å². The fourth-order valence-corrected chi connectivity index (χ4v) is 2.16. The Morgan fingerprint density at radius 3 is 2.77 bits per heavy atom. The van der Waals surface area contributed by atoms with Crippen LogP contribution in [-0.4, -0.2) is 24.9 Å². The van der Waals surface area contributed by atoms with Crippen LogP contribution in [-0.2, 0) is 6.42 Å². The number of ether oxygens (including phenoxy) is 1. The van der Waals surface area contributed by atoms with E-state index < -0.39 is 6.03 Å². The second-order valence-corrected chi connectivity index (χ2v) is 5.02. The highest BCUT2D eigenvalue weighted by Crippen LogP contribution is 2.22. The SMILES string of the molecule is COc1cccc(NC(=O)Nc2cc(Cl)ccc2CCO)c1. The summed E-state index contributed by atoms with van der Waals surface area (Å²) in [7, 11) is 1.56. The average molecular weight is 321 g/mol. The largest absolute Gasteiger partial charge is 0.497 e. The van der Waals surface area contributed by atoms with Crippen LogP contribution in [0.3, 0.4) is 0 Å². The monoisotopic (exact) mass is 320 g/mol. The van der Waals surface area contributed by atoms with Gasteiger partial charge in [-0.3, -0.25) is 0 Å². The molecule has 0 aliphatic carbocycles. The number of methoxy groups -OCH3 is 1. The van der Waals surface area contributed by atoms with E-state index in [4.69, 9.17) is 21.4 Å². The van der Waals surface area contributed by atoms with Gasteiger partial charge in [-0.2, -0.15) is 0 Å². The zero-order valence-corrected chi connectivity index (χ0v) is 12.9. The van der Waals surface area contributed by atoms with Gasteiger partial charge in [-0.25, -0.2) is 4.79 Å². The molecule has 0 aliphatic rings. The Kier molecular flexibility index (Phi) is 5.63.